The Morgan fingerprint density at radius 3 is 2.40 bits per heavy atom. The van der Waals surface area contributed by atoms with Crippen LogP contribution in [0, 0.1) is 10.1 Å². The van der Waals surface area contributed by atoms with Crippen molar-refractivity contribution in [2.45, 2.75) is 6.61 Å². The van der Waals surface area contributed by atoms with Gasteiger partial charge in [-0.1, -0.05) is 35.3 Å². The van der Waals surface area contributed by atoms with Crippen molar-refractivity contribution in [2.24, 2.45) is 0 Å². The van der Waals surface area contributed by atoms with Crippen LogP contribution in [0.5, 0.6) is 0 Å². The maximum Gasteiger partial charge on any atom is 0.325 e. The van der Waals surface area contributed by atoms with Crippen LogP contribution in [0.1, 0.15) is 15.9 Å². The molecular formula is C16H12Cl2N2O5. The first-order chi connectivity index (χ1) is 11.9. The normalized spacial score (nSPS) is 10.2. The molecule has 0 aliphatic carbocycles. The monoisotopic (exact) mass is 382 g/mol. The number of halogens is 2. The van der Waals surface area contributed by atoms with Crippen molar-refractivity contribution >= 4 is 40.8 Å². The molecule has 0 heterocycles. The highest BCUT2D eigenvalue weighted by Crippen LogP contribution is 2.24. The molecule has 0 fully saturated rings. The number of carbonyl (C=O) groups is 2. The van der Waals surface area contributed by atoms with Gasteiger partial charge >= 0.3 is 5.97 Å². The molecule has 0 bridgehead atoms. The molecule has 7 nitrogen and oxygen atoms in total. The van der Waals surface area contributed by atoms with Gasteiger partial charge in [0.25, 0.3) is 11.6 Å². The fourth-order valence-electron chi connectivity index (χ4n) is 1.89. The highest BCUT2D eigenvalue weighted by molar-refractivity contribution is 6.35. The molecule has 9 heteroatoms. The molecule has 0 aromatic heterocycles. The molecule has 0 unspecified atom stereocenters. The summed E-state index contributed by atoms with van der Waals surface area (Å²) >= 11 is 11.9. The standard InChI is InChI=1S/C16H12Cl2N2O5/c17-13-5-2-6-14(18)12(13)9-25-15(21)8-19-16(22)10-3-1-4-11(7-10)20(23)24/h1-7H,8-9H2,(H,19,22). The summed E-state index contributed by atoms with van der Waals surface area (Å²) in [4.78, 5) is 33.7. The van der Waals surface area contributed by atoms with Crippen molar-refractivity contribution in [1.82, 2.24) is 5.32 Å². The van der Waals surface area contributed by atoms with Crippen molar-refractivity contribution in [1.29, 1.82) is 0 Å². The van der Waals surface area contributed by atoms with Crippen molar-refractivity contribution in [3.8, 4) is 0 Å². The van der Waals surface area contributed by atoms with Crippen LogP contribution in [0.2, 0.25) is 10.0 Å². The molecule has 0 aliphatic rings. The Hall–Kier alpha value is -2.64. The van der Waals surface area contributed by atoms with E-state index in [0.717, 1.165) is 6.07 Å². The first kappa shape index (κ1) is 18.7. The number of hydrogen-bond donors (Lipinski definition) is 1. The van der Waals surface area contributed by atoms with E-state index in [1.54, 1.807) is 18.2 Å². The summed E-state index contributed by atoms with van der Waals surface area (Å²) in [5.74, 6) is -1.33. The Morgan fingerprint density at radius 2 is 1.76 bits per heavy atom. The molecule has 2 rings (SSSR count). The molecule has 0 saturated heterocycles. The number of benzene rings is 2. The Kier molecular flexibility index (Phi) is 6.32. The average Bonchev–Trinajstić information content (AvgIpc) is 2.59. The van der Waals surface area contributed by atoms with Gasteiger partial charge in [0.1, 0.15) is 13.2 Å². The fourth-order valence-corrected chi connectivity index (χ4v) is 2.40. The largest absolute Gasteiger partial charge is 0.459 e. The first-order valence-electron chi connectivity index (χ1n) is 6.99. The van der Waals surface area contributed by atoms with E-state index in [9.17, 15) is 19.7 Å². The third-order valence-corrected chi connectivity index (χ3v) is 3.86. The number of rotatable bonds is 6. The molecule has 2 aromatic rings. The molecule has 0 spiro atoms. The number of hydrogen-bond acceptors (Lipinski definition) is 5. The van der Waals surface area contributed by atoms with Crippen molar-refractivity contribution in [3.05, 3.63) is 73.8 Å². The van der Waals surface area contributed by atoms with Crippen LogP contribution in [0.15, 0.2) is 42.5 Å². The summed E-state index contributed by atoms with van der Waals surface area (Å²) < 4.78 is 5.01. The number of amides is 1. The number of nitrogens with zero attached hydrogens (tertiary/aromatic N) is 1. The lowest BCUT2D eigenvalue weighted by Crippen LogP contribution is -2.30. The minimum absolute atomic E-state index is 0.0659. The highest BCUT2D eigenvalue weighted by Gasteiger charge is 2.14. The van der Waals surface area contributed by atoms with E-state index in [0.29, 0.717) is 15.6 Å². The molecule has 0 aliphatic heterocycles. The van der Waals surface area contributed by atoms with E-state index >= 15 is 0 Å². The Labute approximate surface area is 152 Å². The number of non-ortho nitro benzene ring substituents is 1. The smallest absolute Gasteiger partial charge is 0.325 e. The van der Waals surface area contributed by atoms with Crippen LogP contribution in [-0.4, -0.2) is 23.3 Å². The fraction of sp³-hybridized carbons (Fsp3) is 0.125. The minimum atomic E-state index is -0.699. The summed E-state index contributed by atoms with van der Waals surface area (Å²) in [6.07, 6.45) is 0. The van der Waals surface area contributed by atoms with Gasteiger partial charge in [0.05, 0.1) is 4.92 Å². The Balaban J connectivity index is 1.88. The summed E-state index contributed by atoms with van der Waals surface area (Å²) in [6, 6.07) is 10.0. The quantitative estimate of drug-likeness (QED) is 0.469. The molecule has 0 atom stereocenters. The van der Waals surface area contributed by atoms with Crippen LogP contribution in [0.4, 0.5) is 5.69 Å². The van der Waals surface area contributed by atoms with Crippen LogP contribution in [0.3, 0.4) is 0 Å². The molecule has 130 valence electrons. The highest BCUT2D eigenvalue weighted by atomic mass is 35.5. The summed E-state index contributed by atoms with van der Waals surface area (Å²) in [7, 11) is 0. The second-order valence-corrected chi connectivity index (χ2v) is 5.67. The second-order valence-electron chi connectivity index (χ2n) is 4.85. The van der Waals surface area contributed by atoms with E-state index in [1.165, 1.54) is 18.2 Å². The predicted octanol–water partition coefficient (Wildman–Crippen LogP) is 3.37. The van der Waals surface area contributed by atoms with Gasteiger partial charge < -0.3 is 10.1 Å². The number of esters is 1. The molecule has 2 aromatic carbocycles. The van der Waals surface area contributed by atoms with E-state index in [-0.39, 0.29) is 17.9 Å². The number of nitro benzene ring substituents is 1. The van der Waals surface area contributed by atoms with E-state index < -0.39 is 23.3 Å². The maximum absolute atomic E-state index is 11.9. The lowest BCUT2D eigenvalue weighted by Gasteiger charge is -2.09. The van der Waals surface area contributed by atoms with Gasteiger partial charge in [-0.25, -0.2) is 0 Å². The summed E-state index contributed by atoms with van der Waals surface area (Å²) in [5.41, 5.74) is 0.309. The van der Waals surface area contributed by atoms with Crippen LogP contribution in [-0.2, 0) is 16.1 Å². The van der Waals surface area contributed by atoms with Gasteiger partial charge in [0.15, 0.2) is 0 Å². The summed E-state index contributed by atoms with van der Waals surface area (Å²) in [5, 5.41) is 13.7. The Bertz CT molecular complexity index is 806. The van der Waals surface area contributed by atoms with E-state index in [1.807, 2.05) is 0 Å². The minimum Gasteiger partial charge on any atom is -0.459 e. The predicted molar refractivity (Wildman–Crippen MR) is 91.7 cm³/mol. The van der Waals surface area contributed by atoms with Crippen LogP contribution >= 0.6 is 23.2 Å². The van der Waals surface area contributed by atoms with Crippen LogP contribution < -0.4 is 5.32 Å². The maximum atomic E-state index is 11.9. The molecule has 1 amide bonds. The lowest BCUT2D eigenvalue weighted by molar-refractivity contribution is -0.384. The van der Waals surface area contributed by atoms with Crippen molar-refractivity contribution in [3.63, 3.8) is 0 Å². The number of nitro groups is 1. The zero-order chi connectivity index (χ0) is 18.4. The molecule has 1 N–H and O–H groups in total. The average molecular weight is 383 g/mol. The third kappa shape index (κ3) is 5.17. The number of nitrogens with one attached hydrogen (secondary N) is 1. The first-order valence-corrected chi connectivity index (χ1v) is 7.75. The third-order valence-electron chi connectivity index (χ3n) is 3.15. The lowest BCUT2D eigenvalue weighted by atomic mass is 10.2. The van der Waals surface area contributed by atoms with Gasteiger partial charge in [0.2, 0.25) is 0 Å². The van der Waals surface area contributed by atoms with Gasteiger partial charge in [0, 0.05) is 33.3 Å². The molecule has 25 heavy (non-hydrogen) atoms. The topological polar surface area (TPSA) is 98.5 Å². The molecular weight excluding hydrogens is 371 g/mol. The zero-order valence-corrected chi connectivity index (χ0v) is 14.2. The van der Waals surface area contributed by atoms with Gasteiger partial charge in [-0.3, -0.25) is 19.7 Å². The summed E-state index contributed by atoms with van der Waals surface area (Å²) in [6.45, 7) is -0.534. The molecule has 0 radical (unpaired) electrons. The van der Waals surface area contributed by atoms with Gasteiger partial charge in [-0.2, -0.15) is 0 Å². The van der Waals surface area contributed by atoms with Crippen LogP contribution in [0.25, 0.3) is 0 Å². The second kappa shape index (κ2) is 8.46. The van der Waals surface area contributed by atoms with Gasteiger partial charge in [-0.05, 0) is 18.2 Å². The molecule has 0 saturated carbocycles. The Morgan fingerprint density at radius 1 is 1.12 bits per heavy atom. The van der Waals surface area contributed by atoms with Crippen molar-refractivity contribution in [2.75, 3.05) is 6.54 Å². The van der Waals surface area contributed by atoms with Gasteiger partial charge in [-0.15, -0.1) is 0 Å². The number of ether oxygens (including phenoxy) is 1. The van der Waals surface area contributed by atoms with E-state index in [2.05, 4.69) is 5.32 Å². The number of carbonyl (C=O) groups excluding carboxylic acids is 2. The SMILES string of the molecule is O=C(CNC(=O)c1cccc([N+](=O)[O-])c1)OCc1c(Cl)cccc1Cl. The van der Waals surface area contributed by atoms with Crippen molar-refractivity contribution < 1.29 is 19.2 Å². The van der Waals surface area contributed by atoms with E-state index in [4.69, 9.17) is 27.9 Å². The zero-order valence-electron chi connectivity index (χ0n) is 12.7.